The van der Waals surface area contributed by atoms with E-state index in [0.29, 0.717) is 0 Å². The van der Waals surface area contributed by atoms with E-state index in [0.717, 1.165) is 11.3 Å². The van der Waals surface area contributed by atoms with Crippen LogP contribution in [0.5, 0.6) is 0 Å². The summed E-state index contributed by atoms with van der Waals surface area (Å²) in [4.78, 5) is 0. The molecule has 4 heteroatoms. The third-order valence-electron chi connectivity index (χ3n) is 2.67. The normalized spacial score (nSPS) is 12.2. The lowest BCUT2D eigenvalue weighted by Gasteiger charge is -2.16. The van der Waals surface area contributed by atoms with Crippen molar-refractivity contribution in [2.75, 3.05) is 5.32 Å². The van der Waals surface area contributed by atoms with Crippen LogP contribution in [0.3, 0.4) is 0 Å². The lowest BCUT2D eigenvalue weighted by atomic mass is 10.1. The first-order valence-corrected chi connectivity index (χ1v) is 5.91. The molecule has 0 aliphatic rings. The zero-order valence-corrected chi connectivity index (χ0v) is 10.5. The molecule has 0 spiro atoms. The Labute approximate surface area is 109 Å². The van der Waals surface area contributed by atoms with Gasteiger partial charge < -0.3 is 5.32 Å². The van der Waals surface area contributed by atoms with E-state index in [1.54, 1.807) is 24.3 Å². The molecule has 0 radical (unpaired) electrons. The third-order valence-corrected chi connectivity index (χ3v) is 2.96. The van der Waals surface area contributed by atoms with Crippen molar-refractivity contribution in [2.45, 2.75) is 13.0 Å². The summed E-state index contributed by atoms with van der Waals surface area (Å²) < 4.78 is 25.8. The highest BCUT2D eigenvalue weighted by Crippen LogP contribution is 2.23. The van der Waals surface area contributed by atoms with Gasteiger partial charge in [0, 0.05) is 11.7 Å². The van der Waals surface area contributed by atoms with Gasteiger partial charge in [0.15, 0.2) is 0 Å². The molecule has 0 aromatic heterocycles. The van der Waals surface area contributed by atoms with Crippen molar-refractivity contribution in [3.8, 4) is 0 Å². The van der Waals surface area contributed by atoms with Crippen molar-refractivity contribution in [1.29, 1.82) is 0 Å². The second-order valence-electron chi connectivity index (χ2n) is 4.05. The molecule has 0 saturated heterocycles. The van der Waals surface area contributed by atoms with E-state index in [4.69, 9.17) is 11.6 Å². The minimum atomic E-state index is -0.436. The van der Waals surface area contributed by atoms with Crippen molar-refractivity contribution >= 4 is 17.3 Å². The first kappa shape index (κ1) is 12.8. The molecule has 1 nitrogen and oxygen atoms in total. The molecule has 0 bridgehead atoms. The molecule has 0 amide bonds. The van der Waals surface area contributed by atoms with Gasteiger partial charge in [-0.15, -0.1) is 0 Å². The van der Waals surface area contributed by atoms with E-state index in [1.165, 1.54) is 18.2 Å². The van der Waals surface area contributed by atoms with E-state index in [2.05, 4.69) is 5.32 Å². The largest absolute Gasteiger partial charge is 0.379 e. The second kappa shape index (κ2) is 5.36. The summed E-state index contributed by atoms with van der Waals surface area (Å²) in [6.07, 6.45) is 0. The fraction of sp³-hybridized carbons (Fsp3) is 0.143. The van der Waals surface area contributed by atoms with Crippen molar-refractivity contribution in [1.82, 2.24) is 0 Å². The highest BCUT2D eigenvalue weighted by atomic mass is 35.5. The summed E-state index contributed by atoms with van der Waals surface area (Å²) in [5.74, 6) is -0.715. The predicted octanol–water partition coefficient (Wildman–Crippen LogP) is 4.79. The molecule has 2 aromatic rings. The fourth-order valence-corrected chi connectivity index (χ4v) is 1.85. The number of hydrogen-bond acceptors (Lipinski definition) is 1. The summed E-state index contributed by atoms with van der Waals surface area (Å²) in [6, 6.07) is 10.6. The third kappa shape index (κ3) is 2.99. The van der Waals surface area contributed by atoms with Gasteiger partial charge in [0.2, 0.25) is 0 Å². The van der Waals surface area contributed by atoms with Crippen molar-refractivity contribution in [3.63, 3.8) is 0 Å². The Morgan fingerprint density at radius 3 is 2.33 bits per heavy atom. The van der Waals surface area contributed by atoms with Gasteiger partial charge in [-0.3, -0.25) is 0 Å². The number of rotatable bonds is 3. The first-order valence-electron chi connectivity index (χ1n) is 5.53. The molecule has 0 fully saturated rings. The summed E-state index contributed by atoms with van der Waals surface area (Å²) >= 11 is 5.73. The Bertz CT molecular complexity index is 540. The summed E-state index contributed by atoms with van der Waals surface area (Å²) in [5, 5.41) is 3.28. The monoisotopic (exact) mass is 267 g/mol. The first-order chi connectivity index (χ1) is 8.56. The summed E-state index contributed by atoms with van der Waals surface area (Å²) in [5.41, 5.74) is 1.66. The van der Waals surface area contributed by atoms with Crippen LogP contribution in [-0.4, -0.2) is 0 Å². The smallest absolute Gasteiger partial charge is 0.141 e. The minimum absolute atomic E-state index is 0.0476. The number of nitrogens with one attached hydrogen (secondary N) is 1. The van der Waals surface area contributed by atoms with Crippen LogP contribution >= 0.6 is 11.6 Å². The van der Waals surface area contributed by atoms with Crippen LogP contribution in [0, 0.1) is 11.6 Å². The highest BCUT2D eigenvalue weighted by molar-refractivity contribution is 6.30. The Balaban J connectivity index is 2.13. The Morgan fingerprint density at radius 1 is 1.06 bits per heavy atom. The number of benzene rings is 2. The van der Waals surface area contributed by atoms with Gasteiger partial charge in [-0.1, -0.05) is 17.7 Å². The lowest BCUT2D eigenvalue weighted by Crippen LogP contribution is -2.06. The van der Waals surface area contributed by atoms with E-state index in [9.17, 15) is 8.78 Å². The maximum atomic E-state index is 13.0. The van der Waals surface area contributed by atoms with Gasteiger partial charge >= 0.3 is 0 Å². The molecule has 0 saturated carbocycles. The summed E-state index contributed by atoms with van der Waals surface area (Å²) in [6.45, 7) is 1.92. The van der Waals surface area contributed by atoms with Gasteiger partial charge in [0.05, 0.1) is 5.02 Å². The van der Waals surface area contributed by atoms with Crippen LogP contribution in [-0.2, 0) is 0 Å². The van der Waals surface area contributed by atoms with Gasteiger partial charge in [-0.2, -0.15) is 0 Å². The fourth-order valence-electron chi connectivity index (χ4n) is 1.66. The van der Waals surface area contributed by atoms with Crippen LogP contribution in [0.25, 0.3) is 0 Å². The quantitative estimate of drug-likeness (QED) is 0.843. The second-order valence-corrected chi connectivity index (χ2v) is 4.45. The van der Waals surface area contributed by atoms with E-state index < -0.39 is 5.82 Å². The minimum Gasteiger partial charge on any atom is -0.379 e. The zero-order chi connectivity index (χ0) is 13.1. The summed E-state index contributed by atoms with van der Waals surface area (Å²) in [7, 11) is 0. The molecular weight excluding hydrogens is 256 g/mol. The molecule has 2 rings (SSSR count). The Kier molecular flexibility index (Phi) is 3.82. The number of anilines is 1. The lowest BCUT2D eigenvalue weighted by molar-refractivity contribution is 0.626. The van der Waals surface area contributed by atoms with Crippen molar-refractivity contribution in [3.05, 3.63) is 64.7 Å². The number of hydrogen-bond donors (Lipinski definition) is 1. The van der Waals surface area contributed by atoms with Gasteiger partial charge in [-0.25, -0.2) is 8.78 Å². The average molecular weight is 268 g/mol. The molecule has 94 valence electrons. The average Bonchev–Trinajstić information content (AvgIpc) is 2.35. The maximum Gasteiger partial charge on any atom is 0.141 e. The van der Waals surface area contributed by atoms with E-state index in [1.807, 2.05) is 6.92 Å². The van der Waals surface area contributed by atoms with E-state index >= 15 is 0 Å². The zero-order valence-electron chi connectivity index (χ0n) is 9.75. The molecule has 0 aliphatic heterocycles. The standard InChI is InChI=1S/C14H12ClF2N/c1-9(10-2-7-14(17)13(15)8-10)18-12-5-3-11(16)4-6-12/h2-9,18H,1H3. The van der Waals surface area contributed by atoms with Crippen LogP contribution < -0.4 is 5.32 Å². The topological polar surface area (TPSA) is 12.0 Å². The Hall–Kier alpha value is -1.61. The van der Waals surface area contributed by atoms with Crippen LogP contribution in [0.15, 0.2) is 42.5 Å². The van der Waals surface area contributed by atoms with Gasteiger partial charge in [0.25, 0.3) is 0 Å². The molecule has 1 N–H and O–H groups in total. The van der Waals surface area contributed by atoms with Gasteiger partial charge in [0.1, 0.15) is 11.6 Å². The predicted molar refractivity (Wildman–Crippen MR) is 69.8 cm³/mol. The number of halogens is 3. The molecule has 1 unspecified atom stereocenters. The molecule has 0 heterocycles. The molecule has 0 aliphatic carbocycles. The maximum absolute atomic E-state index is 13.0. The molecule has 18 heavy (non-hydrogen) atoms. The van der Waals surface area contributed by atoms with Crippen molar-refractivity contribution in [2.24, 2.45) is 0 Å². The molecule has 2 aromatic carbocycles. The van der Waals surface area contributed by atoms with Crippen LogP contribution in [0.2, 0.25) is 5.02 Å². The van der Waals surface area contributed by atoms with Crippen LogP contribution in [0.4, 0.5) is 14.5 Å². The van der Waals surface area contributed by atoms with E-state index in [-0.39, 0.29) is 16.9 Å². The Morgan fingerprint density at radius 2 is 1.72 bits per heavy atom. The SMILES string of the molecule is CC(Nc1ccc(F)cc1)c1ccc(F)c(Cl)c1. The van der Waals surface area contributed by atoms with Crippen molar-refractivity contribution < 1.29 is 8.78 Å². The van der Waals surface area contributed by atoms with Crippen LogP contribution in [0.1, 0.15) is 18.5 Å². The van der Waals surface area contributed by atoms with Gasteiger partial charge in [-0.05, 0) is 48.9 Å². The molecule has 1 atom stereocenters. The highest BCUT2D eigenvalue weighted by Gasteiger charge is 2.08. The molecular formula is C14H12ClF2N.